The number of halogens is 2. The number of piperidine rings is 1. The number of rotatable bonds is 3. The smallest absolute Gasteiger partial charge is 0.253 e. The third kappa shape index (κ3) is 4.68. The van der Waals surface area contributed by atoms with Gasteiger partial charge in [-0.2, -0.15) is 0 Å². The summed E-state index contributed by atoms with van der Waals surface area (Å²) in [4.78, 5) is 27.0. The van der Waals surface area contributed by atoms with Crippen LogP contribution in [0, 0.1) is 5.92 Å². The fourth-order valence-electron chi connectivity index (χ4n) is 3.79. The van der Waals surface area contributed by atoms with Crippen molar-refractivity contribution in [1.82, 2.24) is 10.2 Å². The Morgan fingerprint density at radius 1 is 1.00 bits per heavy atom. The quantitative estimate of drug-likeness (QED) is 0.846. The molecular formula is C19H24Cl2N2O2. The summed E-state index contributed by atoms with van der Waals surface area (Å²) >= 11 is 12.0. The van der Waals surface area contributed by atoms with E-state index >= 15 is 0 Å². The van der Waals surface area contributed by atoms with E-state index in [-0.39, 0.29) is 17.9 Å². The second-order valence-corrected chi connectivity index (χ2v) is 7.88. The predicted molar refractivity (Wildman–Crippen MR) is 100 cm³/mol. The molecule has 4 nitrogen and oxygen atoms in total. The lowest BCUT2D eigenvalue weighted by Gasteiger charge is -2.35. The number of carbonyl (C=O) groups excluding carboxylic acids is 2. The maximum Gasteiger partial charge on any atom is 0.253 e. The molecular weight excluding hydrogens is 359 g/mol. The lowest BCUT2D eigenvalue weighted by Crippen LogP contribution is -2.48. The molecule has 1 saturated heterocycles. The highest BCUT2D eigenvalue weighted by molar-refractivity contribution is 6.36. The lowest BCUT2D eigenvalue weighted by atomic mass is 9.87. The molecule has 0 bridgehead atoms. The van der Waals surface area contributed by atoms with Crippen LogP contribution in [0.1, 0.15) is 55.3 Å². The summed E-state index contributed by atoms with van der Waals surface area (Å²) in [5.41, 5.74) is 0.437. The van der Waals surface area contributed by atoms with E-state index in [2.05, 4.69) is 5.32 Å². The van der Waals surface area contributed by atoms with Gasteiger partial charge in [0.05, 0.1) is 10.6 Å². The Morgan fingerprint density at radius 3 is 2.32 bits per heavy atom. The van der Waals surface area contributed by atoms with Gasteiger partial charge in [0.2, 0.25) is 5.91 Å². The van der Waals surface area contributed by atoms with Crippen molar-refractivity contribution in [3.63, 3.8) is 0 Å². The largest absolute Gasteiger partial charge is 0.349 e. The van der Waals surface area contributed by atoms with Gasteiger partial charge in [-0.15, -0.1) is 0 Å². The van der Waals surface area contributed by atoms with Gasteiger partial charge in [0, 0.05) is 30.1 Å². The molecule has 136 valence electrons. The van der Waals surface area contributed by atoms with Crippen LogP contribution in [-0.2, 0) is 4.79 Å². The zero-order valence-electron chi connectivity index (χ0n) is 14.3. The summed E-state index contributed by atoms with van der Waals surface area (Å²) in [7, 11) is 0. The summed E-state index contributed by atoms with van der Waals surface area (Å²) in [6.07, 6.45) is 7.24. The molecule has 2 aliphatic rings. The minimum absolute atomic E-state index is 0.0784. The highest BCUT2D eigenvalue weighted by Gasteiger charge is 2.29. The van der Waals surface area contributed by atoms with Crippen LogP contribution in [0.5, 0.6) is 0 Å². The number of carbonyl (C=O) groups is 2. The number of likely N-dealkylation sites (tertiary alicyclic amines) is 1. The molecule has 2 amide bonds. The van der Waals surface area contributed by atoms with Gasteiger partial charge in [0.25, 0.3) is 5.91 Å². The van der Waals surface area contributed by atoms with Gasteiger partial charge in [0.15, 0.2) is 0 Å². The highest BCUT2D eigenvalue weighted by atomic mass is 35.5. The predicted octanol–water partition coefficient (Wildman–Crippen LogP) is 4.29. The van der Waals surface area contributed by atoms with Crippen LogP contribution in [0.15, 0.2) is 18.2 Å². The molecule has 0 unspecified atom stereocenters. The lowest BCUT2D eigenvalue weighted by molar-refractivity contribution is -0.137. The second-order valence-electron chi connectivity index (χ2n) is 7.03. The van der Waals surface area contributed by atoms with Crippen molar-refractivity contribution in [1.29, 1.82) is 0 Å². The fraction of sp³-hybridized carbons (Fsp3) is 0.579. The molecule has 0 aromatic heterocycles. The van der Waals surface area contributed by atoms with E-state index in [0.29, 0.717) is 34.6 Å². The van der Waals surface area contributed by atoms with Crippen molar-refractivity contribution in [2.24, 2.45) is 5.92 Å². The monoisotopic (exact) mass is 382 g/mol. The molecule has 0 spiro atoms. The second kappa shape index (κ2) is 8.41. The molecule has 1 aromatic rings. The van der Waals surface area contributed by atoms with Gasteiger partial charge in [0.1, 0.15) is 0 Å². The normalized spacial score (nSPS) is 19.7. The Morgan fingerprint density at radius 2 is 1.68 bits per heavy atom. The zero-order valence-corrected chi connectivity index (χ0v) is 15.8. The van der Waals surface area contributed by atoms with Crippen LogP contribution in [0.2, 0.25) is 10.0 Å². The number of amides is 2. The van der Waals surface area contributed by atoms with Crippen LogP contribution in [-0.4, -0.2) is 35.8 Å². The topological polar surface area (TPSA) is 49.4 Å². The summed E-state index contributed by atoms with van der Waals surface area (Å²) in [5, 5.41) is 3.90. The Bertz CT molecular complexity index is 636. The molecule has 3 rings (SSSR count). The SMILES string of the molecule is O=C(NC1CCN(C(=O)C2CCCCC2)CC1)c1ccc(Cl)cc1Cl. The Labute approximate surface area is 158 Å². The van der Waals surface area contributed by atoms with Gasteiger partial charge >= 0.3 is 0 Å². The number of nitrogens with zero attached hydrogens (tertiary/aromatic N) is 1. The minimum Gasteiger partial charge on any atom is -0.349 e. The molecule has 25 heavy (non-hydrogen) atoms. The number of benzene rings is 1. The highest BCUT2D eigenvalue weighted by Crippen LogP contribution is 2.27. The Balaban J connectivity index is 1.50. The van der Waals surface area contributed by atoms with Crippen LogP contribution < -0.4 is 5.32 Å². The Kier molecular flexibility index (Phi) is 6.24. The minimum atomic E-state index is -0.182. The molecule has 1 aliphatic carbocycles. The van der Waals surface area contributed by atoms with E-state index in [1.165, 1.54) is 19.3 Å². The van der Waals surface area contributed by atoms with Crippen molar-refractivity contribution in [2.45, 2.75) is 51.0 Å². The van der Waals surface area contributed by atoms with E-state index in [9.17, 15) is 9.59 Å². The summed E-state index contributed by atoms with van der Waals surface area (Å²) < 4.78 is 0. The molecule has 1 heterocycles. The van der Waals surface area contributed by atoms with E-state index in [1.54, 1.807) is 18.2 Å². The molecule has 1 N–H and O–H groups in total. The van der Waals surface area contributed by atoms with Crippen LogP contribution in [0.25, 0.3) is 0 Å². The van der Waals surface area contributed by atoms with E-state index in [4.69, 9.17) is 23.2 Å². The van der Waals surface area contributed by atoms with Gasteiger partial charge in [-0.05, 0) is 43.9 Å². The van der Waals surface area contributed by atoms with Crippen molar-refractivity contribution in [3.05, 3.63) is 33.8 Å². The van der Waals surface area contributed by atoms with Crippen molar-refractivity contribution in [2.75, 3.05) is 13.1 Å². The van der Waals surface area contributed by atoms with E-state index < -0.39 is 0 Å². The first kappa shape index (κ1) is 18.5. The standard InChI is InChI=1S/C19H24Cl2N2O2/c20-14-6-7-16(17(21)12-14)18(24)22-15-8-10-23(11-9-15)19(25)13-4-2-1-3-5-13/h6-7,12-13,15H,1-5,8-11H2,(H,22,24). The molecule has 2 fully saturated rings. The average Bonchev–Trinajstić information content (AvgIpc) is 2.62. The van der Waals surface area contributed by atoms with Crippen molar-refractivity contribution < 1.29 is 9.59 Å². The van der Waals surface area contributed by atoms with Gasteiger partial charge in [-0.25, -0.2) is 0 Å². The molecule has 1 aliphatic heterocycles. The van der Waals surface area contributed by atoms with Crippen molar-refractivity contribution in [3.8, 4) is 0 Å². The van der Waals surface area contributed by atoms with Gasteiger partial charge in [-0.1, -0.05) is 42.5 Å². The fourth-order valence-corrected chi connectivity index (χ4v) is 4.28. The van der Waals surface area contributed by atoms with Crippen LogP contribution in [0.3, 0.4) is 0 Å². The molecule has 0 atom stereocenters. The summed E-state index contributed by atoms with van der Waals surface area (Å²) in [6.45, 7) is 1.43. The first-order valence-corrected chi connectivity index (χ1v) is 9.85. The maximum atomic E-state index is 12.6. The van der Waals surface area contributed by atoms with Gasteiger partial charge in [-0.3, -0.25) is 9.59 Å². The number of hydrogen-bond acceptors (Lipinski definition) is 2. The molecule has 1 saturated carbocycles. The third-order valence-corrected chi connectivity index (χ3v) is 5.82. The zero-order chi connectivity index (χ0) is 17.8. The average molecular weight is 383 g/mol. The summed E-state index contributed by atoms with van der Waals surface area (Å²) in [5.74, 6) is 0.344. The van der Waals surface area contributed by atoms with E-state index in [0.717, 1.165) is 25.7 Å². The number of hydrogen-bond donors (Lipinski definition) is 1. The molecule has 0 radical (unpaired) electrons. The third-order valence-electron chi connectivity index (χ3n) is 5.27. The van der Waals surface area contributed by atoms with Crippen molar-refractivity contribution >= 4 is 35.0 Å². The molecule has 6 heteroatoms. The Hall–Kier alpha value is -1.26. The van der Waals surface area contributed by atoms with E-state index in [1.807, 2.05) is 4.90 Å². The van der Waals surface area contributed by atoms with Gasteiger partial charge < -0.3 is 10.2 Å². The number of nitrogens with one attached hydrogen (secondary N) is 1. The summed E-state index contributed by atoms with van der Waals surface area (Å²) in [6, 6.07) is 4.95. The maximum absolute atomic E-state index is 12.6. The molecule has 1 aromatic carbocycles. The first-order valence-electron chi connectivity index (χ1n) is 9.09. The van der Waals surface area contributed by atoms with Crippen LogP contribution in [0.4, 0.5) is 0 Å². The first-order chi connectivity index (χ1) is 12.0. The van der Waals surface area contributed by atoms with Crippen LogP contribution >= 0.6 is 23.2 Å².